The molecule has 20 N–H and O–H groups in total. The molecule has 11 amide bonds. The van der Waals surface area contributed by atoms with E-state index in [1.807, 2.05) is 42.5 Å². The molecule has 1 saturated heterocycles. The molecule has 7 rings (SSSR count). The van der Waals surface area contributed by atoms with Crippen LogP contribution in [0.4, 0.5) is 4.39 Å². The van der Waals surface area contributed by atoms with Crippen LogP contribution in [-0.2, 0) is 99.2 Å². The molecule has 12 atom stereocenters. The van der Waals surface area contributed by atoms with Crippen LogP contribution in [0.25, 0.3) is 16.8 Å². The first kappa shape index (κ1) is 98.7. The highest BCUT2D eigenvalue weighted by atomic mass is 19.1. The topological polar surface area (TPSA) is 583 Å². The van der Waals surface area contributed by atoms with Crippen molar-refractivity contribution in [2.45, 2.75) is 253 Å². The number of aromatic nitrogens is 5. The lowest BCUT2D eigenvalue weighted by Crippen LogP contribution is -2.67. The lowest BCUT2D eigenvalue weighted by molar-refractivity contribution is -0.146. The quantitative estimate of drug-likeness (QED) is 0.0242. The lowest BCUT2D eigenvalue weighted by atomic mass is 9.90. The van der Waals surface area contributed by atoms with Crippen molar-refractivity contribution in [2.24, 2.45) is 11.5 Å². The second-order valence-electron chi connectivity index (χ2n) is 31.7. The highest BCUT2D eigenvalue weighted by Gasteiger charge is 2.48. The summed E-state index contributed by atoms with van der Waals surface area (Å²) >= 11 is 0. The van der Waals surface area contributed by atoms with Gasteiger partial charge in [0.2, 0.25) is 65.0 Å². The summed E-state index contributed by atoms with van der Waals surface area (Å²) in [5.74, 6) is -17.2. The molecule has 1 unspecified atom stereocenters. The molecule has 1 aliphatic heterocycles. The first-order chi connectivity index (χ1) is 59.1. The number of unbranched alkanes of at least 4 members (excludes halogenated alkanes) is 12. The van der Waals surface area contributed by atoms with Crippen LogP contribution in [0, 0.1) is 5.82 Å². The molecule has 124 heavy (non-hydrogen) atoms. The summed E-state index contributed by atoms with van der Waals surface area (Å²) in [6, 6.07) is 14.0. The number of aryl methyl sites for hydroxylation is 1. The number of rotatable bonds is 54. The third kappa shape index (κ3) is 30.9. The summed E-state index contributed by atoms with van der Waals surface area (Å²) in [4.78, 5) is 198. The standard InChI is InChI=1S/C86H116FN17O20/c1-52(106)73(100-83(123)85(3,46-58-26-21-22-28-62(58)87)101-81(121)74(53(2)107)99-69(108)49-91-76(116)64(38-39-71(111)112)98-84(124)86(4)40-23-41-103(86)82(122)63(88)44-59-47-90-51-92-59)80(120)97-68(50-105)79(119)96-67(45-72(113)114)78(118)95-66(77(117)94-65(75(89)115)42-54-30-34-57(35-31-54)56-24-17-16-18-25-56)43-55-32-36-60(37-33-55)104-61(48-93-102-104)27-19-14-12-10-8-6-5-7-9-11-13-15-20-29-70(109)110/h16-18,21-22,24-26,28,30-37,47-48,51-53,63-68,73-74,105-107H,5-15,19-20,23,27,29,38-46,49-50,88H2,1-4H3,(H2,89,115)(H,90,92)(H,91,116)(H,94,117)(H,95,118)(H,96,119)(H,97,120)(H,98,124)(H,99,108)(H,100,123)(H,101,121)(H,109,110)(H,111,112)(H,113,114)/t52-,53-,63?,64+,65+,66+,67+,68+,73+,74+,85+,86+/m1/s1. The van der Waals surface area contributed by atoms with Crippen LogP contribution in [0.3, 0.4) is 0 Å². The van der Waals surface area contributed by atoms with Gasteiger partial charge in [-0.3, -0.25) is 67.1 Å². The molecule has 4 aromatic carbocycles. The fraction of sp³-hybridized carbons (Fsp3) is 0.500. The van der Waals surface area contributed by atoms with Crippen LogP contribution in [-0.4, -0.2) is 235 Å². The number of hydrogen-bond donors (Lipinski definition) is 18. The Morgan fingerprint density at radius 1 is 0.589 bits per heavy atom. The Labute approximate surface area is 716 Å². The summed E-state index contributed by atoms with van der Waals surface area (Å²) in [5.41, 5.74) is 12.6. The van der Waals surface area contributed by atoms with E-state index < -0.39 is 199 Å². The van der Waals surface area contributed by atoms with Gasteiger partial charge in [0.05, 0.1) is 67.4 Å². The van der Waals surface area contributed by atoms with Crippen molar-refractivity contribution in [3.8, 4) is 16.8 Å². The Kier molecular flexibility index (Phi) is 39.0. The molecule has 672 valence electrons. The number of carbonyl (C=O) groups is 14. The number of imidazole rings is 1. The number of halogens is 1. The zero-order valence-electron chi connectivity index (χ0n) is 70.1. The second-order valence-corrected chi connectivity index (χ2v) is 31.7. The Bertz CT molecular complexity index is 4580. The predicted molar refractivity (Wildman–Crippen MR) is 448 cm³/mol. The van der Waals surface area contributed by atoms with Gasteiger partial charge in [-0.2, -0.15) is 0 Å². The molecule has 0 saturated carbocycles. The van der Waals surface area contributed by atoms with Gasteiger partial charge in [0.1, 0.15) is 59.2 Å². The van der Waals surface area contributed by atoms with Gasteiger partial charge < -0.3 is 99.8 Å². The number of nitrogens with one attached hydrogen (secondary N) is 10. The number of carbonyl (C=O) groups excluding carboxylic acids is 11. The molecule has 2 aromatic heterocycles. The fourth-order valence-corrected chi connectivity index (χ4v) is 14.5. The summed E-state index contributed by atoms with van der Waals surface area (Å²) in [7, 11) is 0. The van der Waals surface area contributed by atoms with Crippen LogP contribution >= 0.6 is 0 Å². The molecule has 3 heterocycles. The number of nitrogens with two attached hydrogens (primary N) is 2. The van der Waals surface area contributed by atoms with E-state index in [4.69, 9.17) is 16.6 Å². The van der Waals surface area contributed by atoms with E-state index in [0.29, 0.717) is 35.3 Å². The number of aliphatic hydroxyl groups excluding tert-OH is 3. The van der Waals surface area contributed by atoms with Crippen LogP contribution in [0.1, 0.15) is 178 Å². The maximum absolute atomic E-state index is 15.6. The number of benzene rings is 4. The highest BCUT2D eigenvalue weighted by Crippen LogP contribution is 2.31. The SMILES string of the molecule is C[C@@H](O)[C@H](NC(=O)CNC(=O)[C@H](CCC(=O)O)NC(=O)[C@]1(C)CCCN1C(=O)C(N)Cc1c[nH]cn1)C(=O)N[C@@](C)(Cc1ccccc1F)C(=O)N[C@H](C(=O)N[C@@H](CO)C(=O)N[C@@H](CC(=O)O)C(=O)N[C@@H](Cc1ccc(-n2nncc2CCCCCCCCCCCCCCCC(=O)O)cc1)C(=O)N[C@@H](Cc1ccc(-c2ccccc2)cc1)C(N)=O)[C@@H](C)O. The minimum atomic E-state index is -2.44. The first-order valence-corrected chi connectivity index (χ1v) is 41.7. The number of nitrogens with zero attached hydrogens (tertiary/aromatic N) is 5. The van der Waals surface area contributed by atoms with Gasteiger partial charge in [-0.25, -0.2) is 14.1 Å². The van der Waals surface area contributed by atoms with Crippen molar-refractivity contribution in [3.63, 3.8) is 0 Å². The molecule has 6 aromatic rings. The maximum atomic E-state index is 15.6. The number of aliphatic carboxylic acids is 3. The number of aliphatic hydroxyl groups is 3. The van der Waals surface area contributed by atoms with E-state index >= 15 is 4.39 Å². The van der Waals surface area contributed by atoms with Gasteiger partial charge in [0, 0.05) is 51.3 Å². The third-order valence-electron chi connectivity index (χ3n) is 21.6. The van der Waals surface area contributed by atoms with E-state index in [1.54, 1.807) is 53.5 Å². The number of primary amides is 1. The van der Waals surface area contributed by atoms with Gasteiger partial charge in [-0.15, -0.1) is 5.10 Å². The van der Waals surface area contributed by atoms with Gasteiger partial charge in [0.15, 0.2) is 0 Å². The number of aromatic amines is 1. The zero-order valence-corrected chi connectivity index (χ0v) is 70.1. The largest absolute Gasteiger partial charge is 0.481 e. The van der Waals surface area contributed by atoms with E-state index in [0.717, 1.165) is 127 Å². The van der Waals surface area contributed by atoms with Crippen LogP contribution in [0.5, 0.6) is 0 Å². The Balaban J connectivity index is 1.02. The zero-order chi connectivity index (χ0) is 90.6. The number of H-pyrrole nitrogens is 1. The maximum Gasteiger partial charge on any atom is 0.305 e. The summed E-state index contributed by atoms with van der Waals surface area (Å²) in [6.45, 7) is 2.38. The summed E-state index contributed by atoms with van der Waals surface area (Å²) in [6.07, 6.45) is 12.3. The van der Waals surface area contributed by atoms with Crippen LogP contribution in [0.15, 0.2) is 122 Å². The number of hydrogen-bond acceptors (Lipinski definition) is 21. The molecule has 0 bridgehead atoms. The highest BCUT2D eigenvalue weighted by molar-refractivity contribution is 6.01. The molecule has 0 radical (unpaired) electrons. The van der Waals surface area contributed by atoms with E-state index in [-0.39, 0.29) is 44.2 Å². The summed E-state index contributed by atoms with van der Waals surface area (Å²) in [5, 5.41) is 90.8. The van der Waals surface area contributed by atoms with Gasteiger partial charge in [-0.1, -0.05) is 161 Å². The molecular weight excluding hydrogens is 1610 g/mol. The van der Waals surface area contributed by atoms with Crippen molar-refractivity contribution in [3.05, 3.63) is 156 Å². The minimum absolute atomic E-state index is 0.0257. The molecular formula is C86H116FN17O20. The average Bonchev–Trinajstić information content (AvgIpc) is 1.57. The van der Waals surface area contributed by atoms with Crippen molar-refractivity contribution in [1.82, 2.24) is 77.7 Å². The van der Waals surface area contributed by atoms with Gasteiger partial charge in [0.25, 0.3) is 0 Å². The molecule has 1 aliphatic rings. The molecule has 37 nitrogen and oxygen atoms in total. The minimum Gasteiger partial charge on any atom is -0.481 e. The second kappa shape index (κ2) is 49.0. The molecule has 1 fully saturated rings. The summed E-state index contributed by atoms with van der Waals surface area (Å²) < 4.78 is 17.3. The smallest absolute Gasteiger partial charge is 0.305 e. The Morgan fingerprint density at radius 3 is 1.71 bits per heavy atom. The van der Waals surface area contributed by atoms with Gasteiger partial charge in [-0.05, 0) is 112 Å². The third-order valence-corrected chi connectivity index (χ3v) is 21.6. The number of carboxylic acid groups (broad SMARTS) is 3. The van der Waals surface area contributed by atoms with E-state index in [9.17, 15) is 92.7 Å². The van der Waals surface area contributed by atoms with E-state index in [2.05, 4.69) is 68.1 Å². The lowest BCUT2D eigenvalue weighted by Gasteiger charge is -2.36. The average molecular weight is 1730 g/mol. The molecule has 0 spiro atoms. The van der Waals surface area contributed by atoms with E-state index in [1.165, 1.54) is 36.4 Å². The normalized spacial score (nSPS) is 16.0. The number of carboxylic acids is 3. The van der Waals surface area contributed by atoms with Crippen molar-refractivity contribution in [1.29, 1.82) is 0 Å². The van der Waals surface area contributed by atoms with Crippen molar-refractivity contribution >= 4 is 82.9 Å². The van der Waals surface area contributed by atoms with Crippen molar-refractivity contribution in [2.75, 3.05) is 19.7 Å². The first-order valence-electron chi connectivity index (χ1n) is 41.7. The molecule has 0 aliphatic carbocycles. The monoisotopic (exact) mass is 1730 g/mol. The van der Waals surface area contributed by atoms with Crippen LogP contribution < -0.4 is 59.3 Å². The van der Waals surface area contributed by atoms with Gasteiger partial charge >= 0.3 is 17.9 Å². The predicted octanol–water partition coefficient (Wildman–Crippen LogP) is 1.83. The van der Waals surface area contributed by atoms with Crippen LogP contribution in [0.2, 0.25) is 0 Å². The Morgan fingerprint density at radius 2 is 1.13 bits per heavy atom. The number of amides is 11. The van der Waals surface area contributed by atoms with Crippen molar-refractivity contribution < 1.29 is 102 Å². The molecule has 38 heteroatoms. The fourth-order valence-electron chi connectivity index (χ4n) is 14.5. The number of likely N-dealkylation sites (tertiary alicyclic amines) is 1. The Hall–Kier alpha value is -12.4.